The zero-order chi connectivity index (χ0) is 15.5. The maximum atomic E-state index is 3.35. The lowest BCUT2D eigenvalue weighted by Gasteiger charge is -2.17. The highest BCUT2D eigenvalue weighted by molar-refractivity contribution is 14.1. The molecule has 1 nitrogen and oxygen atoms in total. The molecule has 0 radical (unpaired) electrons. The van der Waals surface area contributed by atoms with E-state index in [4.69, 9.17) is 0 Å². The van der Waals surface area contributed by atoms with Crippen LogP contribution in [-0.2, 0) is 0 Å². The number of anilines is 1. The van der Waals surface area contributed by atoms with Gasteiger partial charge in [0.1, 0.15) is 0 Å². The number of nitrogens with zero attached hydrogens (tertiary/aromatic N) is 1. The van der Waals surface area contributed by atoms with Gasteiger partial charge in [0.05, 0.1) is 5.69 Å². The SMILES string of the molecule is CN(C)c1c(C#Cc2ccccc2I)ccc2ccccc12. The number of hydrogen-bond donors (Lipinski definition) is 0. The Morgan fingerprint density at radius 1 is 0.773 bits per heavy atom. The van der Waals surface area contributed by atoms with Gasteiger partial charge in [-0.15, -0.1) is 0 Å². The minimum atomic E-state index is 1.06. The number of hydrogen-bond acceptors (Lipinski definition) is 1. The molecule has 0 spiro atoms. The topological polar surface area (TPSA) is 3.24 Å². The van der Waals surface area contributed by atoms with Gasteiger partial charge in [0.25, 0.3) is 0 Å². The van der Waals surface area contributed by atoms with Gasteiger partial charge in [-0.25, -0.2) is 0 Å². The third-order valence-corrected chi connectivity index (χ3v) is 4.49. The zero-order valence-electron chi connectivity index (χ0n) is 12.6. The van der Waals surface area contributed by atoms with E-state index in [9.17, 15) is 0 Å². The predicted octanol–water partition coefficient (Wildman–Crippen LogP) is 4.91. The molecule has 3 rings (SSSR count). The summed E-state index contributed by atoms with van der Waals surface area (Å²) < 4.78 is 1.18. The summed E-state index contributed by atoms with van der Waals surface area (Å²) in [6.07, 6.45) is 0. The summed E-state index contributed by atoms with van der Waals surface area (Å²) in [4.78, 5) is 2.14. The molecule has 0 aliphatic carbocycles. The molecule has 0 saturated heterocycles. The van der Waals surface area contributed by atoms with Gasteiger partial charge in [-0.3, -0.25) is 0 Å². The van der Waals surface area contributed by atoms with E-state index in [-0.39, 0.29) is 0 Å². The molecule has 108 valence electrons. The summed E-state index contributed by atoms with van der Waals surface area (Å²) in [5.74, 6) is 6.65. The van der Waals surface area contributed by atoms with Crippen LogP contribution in [0.2, 0.25) is 0 Å². The molecule has 0 aliphatic rings. The van der Waals surface area contributed by atoms with Gasteiger partial charge in [0.15, 0.2) is 0 Å². The van der Waals surface area contributed by atoms with Gasteiger partial charge < -0.3 is 4.90 Å². The first-order valence-electron chi connectivity index (χ1n) is 7.12. The highest BCUT2D eigenvalue weighted by Gasteiger charge is 2.07. The fraction of sp³-hybridized carbons (Fsp3) is 0.100. The minimum Gasteiger partial charge on any atom is -0.376 e. The van der Waals surface area contributed by atoms with Crippen molar-refractivity contribution in [1.82, 2.24) is 0 Å². The van der Waals surface area contributed by atoms with Gasteiger partial charge in [0.2, 0.25) is 0 Å². The molecular weight excluding hydrogens is 381 g/mol. The molecule has 3 aromatic carbocycles. The van der Waals surface area contributed by atoms with Crippen molar-refractivity contribution in [2.75, 3.05) is 19.0 Å². The Labute approximate surface area is 145 Å². The molecule has 3 aromatic rings. The molecule has 0 bridgehead atoms. The fourth-order valence-corrected chi connectivity index (χ4v) is 3.06. The largest absolute Gasteiger partial charge is 0.376 e. The summed E-state index contributed by atoms with van der Waals surface area (Å²) in [6.45, 7) is 0. The Morgan fingerprint density at radius 3 is 2.23 bits per heavy atom. The lowest BCUT2D eigenvalue weighted by Crippen LogP contribution is -2.11. The van der Waals surface area contributed by atoms with Crippen molar-refractivity contribution in [2.24, 2.45) is 0 Å². The molecule has 0 unspecified atom stereocenters. The Kier molecular flexibility index (Phi) is 4.35. The number of benzene rings is 3. The standard InChI is InChI=1S/C20H16IN/c1-22(2)20-17(13-11-15-7-3-5-9-18(15)20)14-12-16-8-4-6-10-19(16)21/h3-11,13H,1-2H3. The van der Waals surface area contributed by atoms with E-state index < -0.39 is 0 Å². The van der Waals surface area contributed by atoms with Crippen LogP contribution in [0, 0.1) is 15.4 Å². The van der Waals surface area contributed by atoms with E-state index in [0.717, 1.165) is 11.1 Å². The maximum Gasteiger partial charge on any atom is 0.0599 e. The molecule has 0 fully saturated rings. The maximum absolute atomic E-state index is 3.35. The Hall–Kier alpha value is -1.99. The summed E-state index contributed by atoms with van der Waals surface area (Å²) in [5.41, 5.74) is 3.31. The van der Waals surface area contributed by atoms with Crippen molar-refractivity contribution >= 4 is 39.1 Å². The summed E-state index contributed by atoms with van der Waals surface area (Å²) in [5, 5.41) is 2.48. The summed E-state index contributed by atoms with van der Waals surface area (Å²) in [7, 11) is 4.14. The molecule has 0 N–H and O–H groups in total. The van der Waals surface area contributed by atoms with Crippen LogP contribution in [0.25, 0.3) is 10.8 Å². The van der Waals surface area contributed by atoms with Crippen LogP contribution in [0.1, 0.15) is 11.1 Å². The van der Waals surface area contributed by atoms with E-state index in [1.165, 1.54) is 20.0 Å². The van der Waals surface area contributed by atoms with Crippen LogP contribution in [0.15, 0.2) is 60.7 Å². The molecule has 0 atom stereocenters. The van der Waals surface area contributed by atoms with Gasteiger partial charge >= 0.3 is 0 Å². The quantitative estimate of drug-likeness (QED) is 0.417. The lowest BCUT2D eigenvalue weighted by atomic mass is 10.0. The Bertz CT molecular complexity index is 885. The zero-order valence-corrected chi connectivity index (χ0v) is 14.8. The number of halogens is 1. The average Bonchev–Trinajstić information content (AvgIpc) is 2.53. The van der Waals surface area contributed by atoms with Gasteiger partial charge in [-0.05, 0) is 46.2 Å². The van der Waals surface area contributed by atoms with Crippen LogP contribution < -0.4 is 4.90 Å². The highest BCUT2D eigenvalue weighted by atomic mass is 127. The van der Waals surface area contributed by atoms with Crippen LogP contribution in [0.4, 0.5) is 5.69 Å². The summed E-state index contributed by atoms with van der Waals surface area (Å²) >= 11 is 2.33. The van der Waals surface area contributed by atoms with Gasteiger partial charge in [-0.1, -0.05) is 54.3 Å². The van der Waals surface area contributed by atoms with E-state index in [2.05, 4.69) is 102 Å². The monoisotopic (exact) mass is 397 g/mol. The van der Waals surface area contributed by atoms with Crippen LogP contribution in [0.3, 0.4) is 0 Å². The van der Waals surface area contributed by atoms with E-state index in [1.807, 2.05) is 12.1 Å². The molecule has 0 aromatic heterocycles. The van der Waals surface area contributed by atoms with E-state index in [0.29, 0.717) is 0 Å². The Balaban J connectivity index is 2.16. The third-order valence-electron chi connectivity index (χ3n) is 3.55. The Morgan fingerprint density at radius 2 is 1.45 bits per heavy atom. The van der Waals surface area contributed by atoms with E-state index in [1.54, 1.807) is 0 Å². The summed E-state index contributed by atoms with van der Waals surface area (Å²) in [6, 6.07) is 20.9. The highest BCUT2D eigenvalue weighted by Crippen LogP contribution is 2.29. The van der Waals surface area contributed by atoms with Crippen molar-refractivity contribution < 1.29 is 0 Å². The lowest BCUT2D eigenvalue weighted by molar-refractivity contribution is 1.14. The van der Waals surface area contributed by atoms with Crippen molar-refractivity contribution in [3.63, 3.8) is 0 Å². The van der Waals surface area contributed by atoms with Gasteiger partial charge in [-0.2, -0.15) is 0 Å². The fourth-order valence-electron chi connectivity index (χ4n) is 2.54. The average molecular weight is 397 g/mol. The second-order valence-corrected chi connectivity index (χ2v) is 6.47. The second kappa shape index (κ2) is 6.41. The van der Waals surface area contributed by atoms with Crippen molar-refractivity contribution in [3.05, 3.63) is 75.4 Å². The molecular formula is C20H16IN. The van der Waals surface area contributed by atoms with Gasteiger partial charge in [0, 0.05) is 34.2 Å². The van der Waals surface area contributed by atoms with Crippen molar-refractivity contribution in [1.29, 1.82) is 0 Å². The number of rotatable bonds is 1. The van der Waals surface area contributed by atoms with Crippen LogP contribution in [-0.4, -0.2) is 14.1 Å². The smallest absolute Gasteiger partial charge is 0.0599 e. The van der Waals surface area contributed by atoms with Crippen molar-refractivity contribution in [3.8, 4) is 11.8 Å². The van der Waals surface area contributed by atoms with E-state index >= 15 is 0 Å². The molecule has 0 saturated carbocycles. The minimum absolute atomic E-state index is 1.06. The predicted molar refractivity (Wildman–Crippen MR) is 103 cm³/mol. The molecule has 22 heavy (non-hydrogen) atoms. The normalized spacial score (nSPS) is 10.1. The molecule has 0 aliphatic heterocycles. The van der Waals surface area contributed by atoms with Crippen LogP contribution >= 0.6 is 22.6 Å². The first kappa shape index (κ1) is 14.9. The third kappa shape index (κ3) is 2.95. The molecule has 2 heteroatoms. The van der Waals surface area contributed by atoms with Crippen molar-refractivity contribution in [2.45, 2.75) is 0 Å². The second-order valence-electron chi connectivity index (χ2n) is 5.31. The molecule has 0 heterocycles. The first-order valence-corrected chi connectivity index (χ1v) is 8.20. The van der Waals surface area contributed by atoms with Crippen LogP contribution in [0.5, 0.6) is 0 Å². The number of fused-ring (bicyclic) bond motifs is 1. The molecule has 0 amide bonds. The first-order chi connectivity index (χ1) is 10.7.